The number of non-ortho nitro benzene ring substituents is 1. The van der Waals surface area contributed by atoms with Crippen LogP contribution in [-0.4, -0.2) is 22.0 Å². The Morgan fingerprint density at radius 1 is 1.14 bits per heavy atom. The summed E-state index contributed by atoms with van der Waals surface area (Å²) in [7, 11) is 1.93. The molecule has 0 saturated heterocycles. The van der Waals surface area contributed by atoms with Crippen LogP contribution in [0.5, 0.6) is 0 Å². The second kappa shape index (κ2) is 7.35. The van der Waals surface area contributed by atoms with Gasteiger partial charge in [-0.1, -0.05) is 35.9 Å². The van der Waals surface area contributed by atoms with Gasteiger partial charge < -0.3 is 5.11 Å². The Balaban J connectivity index is 2.06. The van der Waals surface area contributed by atoms with Crippen molar-refractivity contribution in [2.24, 2.45) is 0 Å². The van der Waals surface area contributed by atoms with Gasteiger partial charge in [-0.25, -0.2) is 0 Å². The van der Waals surface area contributed by atoms with Gasteiger partial charge in [0.25, 0.3) is 5.69 Å². The maximum Gasteiger partial charge on any atom is 0.269 e. The first-order valence-electron chi connectivity index (χ1n) is 6.79. The molecule has 6 heteroatoms. The van der Waals surface area contributed by atoms with Gasteiger partial charge >= 0.3 is 0 Å². The number of halogens is 1. The van der Waals surface area contributed by atoms with Gasteiger partial charge in [-0.2, -0.15) is 0 Å². The first kappa shape index (κ1) is 16.4. The third kappa shape index (κ3) is 4.27. The predicted molar refractivity (Wildman–Crippen MR) is 85.6 cm³/mol. The molecule has 2 aromatic rings. The zero-order valence-electron chi connectivity index (χ0n) is 12.2. The van der Waals surface area contributed by atoms with E-state index in [4.69, 9.17) is 16.7 Å². The van der Waals surface area contributed by atoms with Crippen LogP contribution in [0.15, 0.2) is 42.5 Å². The van der Waals surface area contributed by atoms with Crippen molar-refractivity contribution in [3.8, 4) is 0 Å². The van der Waals surface area contributed by atoms with Crippen LogP contribution in [0.4, 0.5) is 5.69 Å². The summed E-state index contributed by atoms with van der Waals surface area (Å²) in [6.45, 7) is 1.23. The number of aliphatic hydroxyl groups excluding tert-OH is 1. The van der Waals surface area contributed by atoms with E-state index in [1.54, 1.807) is 6.07 Å². The standard InChI is InChI=1S/C16H17ClN2O3/c1-18(9-12-2-4-13(11-20)5-3-12)10-14-8-15(19(21)22)6-7-16(14)17/h2-8,20H,9-11H2,1H3. The van der Waals surface area contributed by atoms with E-state index < -0.39 is 4.92 Å². The van der Waals surface area contributed by atoms with Gasteiger partial charge in [-0.3, -0.25) is 15.0 Å². The first-order valence-corrected chi connectivity index (χ1v) is 7.17. The summed E-state index contributed by atoms with van der Waals surface area (Å²) in [5, 5.41) is 20.4. The number of aliphatic hydroxyl groups is 1. The molecule has 0 bridgehead atoms. The molecule has 22 heavy (non-hydrogen) atoms. The van der Waals surface area contributed by atoms with Crippen LogP contribution in [0.2, 0.25) is 5.02 Å². The molecule has 0 aliphatic rings. The molecular weight excluding hydrogens is 304 g/mol. The largest absolute Gasteiger partial charge is 0.392 e. The van der Waals surface area contributed by atoms with Gasteiger partial charge in [0.05, 0.1) is 11.5 Å². The number of nitrogens with zero attached hydrogens (tertiary/aromatic N) is 2. The lowest BCUT2D eigenvalue weighted by molar-refractivity contribution is -0.384. The molecular formula is C16H17ClN2O3. The predicted octanol–water partition coefficient (Wildman–Crippen LogP) is 3.37. The minimum Gasteiger partial charge on any atom is -0.392 e. The van der Waals surface area contributed by atoms with E-state index in [1.165, 1.54) is 12.1 Å². The minimum absolute atomic E-state index is 0.0272. The smallest absolute Gasteiger partial charge is 0.269 e. The zero-order valence-corrected chi connectivity index (χ0v) is 13.0. The highest BCUT2D eigenvalue weighted by atomic mass is 35.5. The van der Waals surface area contributed by atoms with Crippen molar-refractivity contribution in [2.45, 2.75) is 19.7 Å². The topological polar surface area (TPSA) is 66.6 Å². The van der Waals surface area contributed by atoms with Crippen LogP contribution in [0.25, 0.3) is 0 Å². The molecule has 2 rings (SSSR count). The number of benzene rings is 2. The number of nitro benzene ring substituents is 1. The average molecular weight is 321 g/mol. The molecule has 0 saturated carbocycles. The maximum absolute atomic E-state index is 10.8. The molecule has 116 valence electrons. The summed E-state index contributed by atoms with van der Waals surface area (Å²) in [5.41, 5.74) is 2.74. The van der Waals surface area contributed by atoms with Gasteiger partial charge in [0.15, 0.2) is 0 Å². The number of rotatable bonds is 6. The van der Waals surface area contributed by atoms with Crippen LogP contribution < -0.4 is 0 Å². The van der Waals surface area contributed by atoms with E-state index in [-0.39, 0.29) is 12.3 Å². The fourth-order valence-corrected chi connectivity index (χ4v) is 2.38. The molecule has 0 unspecified atom stereocenters. The van der Waals surface area contributed by atoms with Crippen molar-refractivity contribution < 1.29 is 10.0 Å². The summed E-state index contributed by atoms with van der Waals surface area (Å²) >= 11 is 6.11. The van der Waals surface area contributed by atoms with Crippen molar-refractivity contribution in [2.75, 3.05) is 7.05 Å². The van der Waals surface area contributed by atoms with Crippen molar-refractivity contribution in [1.29, 1.82) is 0 Å². The lowest BCUT2D eigenvalue weighted by Crippen LogP contribution is -2.17. The van der Waals surface area contributed by atoms with Crippen molar-refractivity contribution in [3.05, 3.63) is 74.3 Å². The average Bonchev–Trinajstić information content (AvgIpc) is 2.50. The van der Waals surface area contributed by atoms with Crippen molar-refractivity contribution in [3.63, 3.8) is 0 Å². The van der Waals surface area contributed by atoms with Gasteiger partial charge in [-0.15, -0.1) is 0 Å². The highest BCUT2D eigenvalue weighted by Crippen LogP contribution is 2.23. The van der Waals surface area contributed by atoms with Crippen LogP contribution in [0, 0.1) is 10.1 Å². The summed E-state index contributed by atoms with van der Waals surface area (Å²) in [6, 6.07) is 12.1. The lowest BCUT2D eigenvalue weighted by atomic mass is 10.1. The SMILES string of the molecule is CN(Cc1ccc(CO)cc1)Cc1cc([N+](=O)[O-])ccc1Cl. The monoisotopic (exact) mass is 320 g/mol. The molecule has 0 aliphatic carbocycles. The Morgan fingerprint density at radius 2 is 1.77 bits per heavy atom. The molecule has 0 radical (unpaired) electrons. The van der Waals surface area contributed by atoms with Crippen LogP contribution >= 0.6 is 11.6 Å². The lowest BCUT2D eigenvalue weighted by Gasteiger charge is -2.17. The zero-order chi connectivity index (χ0) is 16.1. The van der Waals surface area contributed by atoms with Crippen molar-refractivity contribution in [1.82, 2.24) is 4.90 Å². The van der Waals surface area contributed by atoms with Crippen LogP contribution in [-0.2, 0) is 19.7 Å². The van der Waals surface area contributed by atoms with E-state index in [1.807, 2.05) is 36.2 Å². The second-order valence-electron chi connectivity index (χ2n) is 5.18. The number of hydrogen-bond acceptors (Lipinski definition) is 4. The maximum atomic E-state index is 10.8. The Kier molecular flexibility index (Phi) is 5.49. The molecule has 1 N–H and O–H groups in total. The fraction of sp³-hybridized carbons (Fsp3) is 0.250. The fourth-order valence-electron chi connectivity index (χ4n) is 2.20. The Bertz CT molecular complexity index is 659. The highest BCUT2D eigenvalue weighted by molar-refractivity contribution is 6.31. The van der Waals surface area contributed by atoms with Gasteiger partial charge in [-0.05, 0) is 29.8 Å². The van der Waals surface area contributed by atoms with Gasteiger partial charge in [0.1, 0.15) is 0 Å². The third-order valence-electron chi connectivity index (χ3n) is 3.34. The highest BCUT2D eigenvalue weighted by Gasteiger charge is 2.11. The molecule has 5 nitrogen and oxygen atoms in total. The van der Waals surface area contributed by atoms with E-state index >= 15 is 0 Å². The third-order valence-corrected chi connectivity index (χ3v) is 3.71. The Labute approximate surface area is 133 Å². The number of hydrogen-bond donors (Lipinski definition) is 1. The molecule has 0 atom stereocenters. The van der Waals surface area contributed by atoms with Gasteiger partial charge in [0, 0.05) is 30.2 Å². The molecule has 0 aromatic heterocycles. The summed E-state index contributed by atoms with van der Waals surface area (Å²) in [4.78, 5) is 12.4. The quantitative estimate of drug-likeness (QED) is 0.654. The van der Waals surface area contributed by atoms with E-state index in [9.17, 15) is 10.1 Å². The molecule has 0 spiro atoms. The van der Waals surface area contributed by atoms with E-state index in [0.29, 0.717) is 18.1 Å². The molecule has 0 heterocycles. The molecule has 2 aromatic carbocycles. The summed E-state index contributed by atoms with van der Waals surface area (Å²) < 4.78 is 0. The molecule has 0 aliphatic heterocycles. The van der Waals surface area contributed by atoms with Crippen LogP contribution in [0.1, 0.15) is 16.7 Å². The normalized spacial score (nSPS) is 10.9. The first-order chi connectivity index (χ1) is 10.5. The number of nitro groups is 1. The van der Waals surface area contributed by atoms with Gasteiger partial charge in [0.2, 0.25) is 0 Å². The van der Waals surface area contributed by atoms with E-state index in [2.05, 4.69) is 0 Å². The second-order valence-corrected chi connectivity index (χ2v) is 5.59. The molecule has 0 fully saturated rings. The van der Waals surface area contributed by atoms with E-state index in [0.717, 1.165) is 16.7 Å². The van der Waals surface area contributed by atoms with Crippen molar-refractivity contribution >= 4 is 17.3 Å². The minimum atomic E-state index is -0.423. The molecule has 0 amide bonds. The summed E-state index contributed by atoms with van der Waals surface area (Å²) in [5.74, 6) is 0. The van der Waals surface area contributed by atoms with Crippen LogP contribution in [0.3, 0.4) is 0 Å². The summed E-state index contributed by atoms with van der Waals surface area (Å²) in [6.07, 6.45) is 0. The Morgan fingerprint density at radius 3 is 2.36 bits per heavy atom. The Hall–Kier alpha value is -1.95.